The molecule has 2 heterocycles. The number of carbonyl (C=O) groups is 1. The predicted octanol–water partition coefficient (Wildman–Crippen LogP) is 6.00. The van der Waals surface area contributed by atoms with Gasteiger partial charge in [0.05, 0.1) is 16.4 Å². The van der Waals surface area contributed by atoms with Crippen molar-refractivity contribution in [1.29, 1.82) is 0 Å². The molecule has 0 saturated carbocycles. The van der Waals surface area contributed by atoms with Gasteiger partial charge in [-0.25, -0.2) is 4.98 Å². The number of benzene rings is 2. The number of amides is 1. The van der Waals surface area contributed by atoms with Crippen LogP contribution in [0.15, 0.2) is 54.7 Å². The Bertz CT molecular complexity index is 1200. The number of pyridine rings is 1. The monoisotopic (exact) mass is 422 g/mol. The largest absolute Gasteiger partial charge is 0.362 e. The first-order valence-electron chi connectivity index (χ1n) is 9.23. The molecule has 7 heteroatoms. The summed E-state index contributed by atoms with van der Waals surface area (Å²) in [5, 5.41) is 9.51. The van der Waals surface area contributed by atoms with E-state index >= 15 is 0 Å². The zero-order chi connectivity index (χ0) is 20.4. The Balaban J connectivity index is 1.68. The maximum Gasteiger partial charge on any atom is 0.267 e. The van der Waals surface area contributed by atoms with E-state index in [0.29, 0.717) is 21.3 Å². The molecule has 0 aliphatic carbocycles. The highest BCUT2D eigenvalue weighted by Crippen LogP contribution is 2.34. The first kappa shape index (κ1) is 19.4. The van der Waals surface area contributed by atoms with Gasteiger partial charge in [0.1, 0.15) is 4.88 Å². The lowest BCUT2D eigenvalue weighted by Gasteiger charge is -2.11. The Morgan fingerprint density at radius 1 is 1.17 bits per heavy atom. The number of fused-ring (bicyclic) bond motifs is 1. The molecule has 2 aromatic heterocycles. The summed E-state index contributed by atoms with van der Waals surface area (Å²) in [7, 11) is 0. The van der Waals surface area contributed by atoms with E-state index in [1.807, 2.05) is 50.2 Å². The molecule has 0 aliphatic rings. The van der Waals surface area contributed by atoms with Gasteiger partial charge in [0.2, 0.25) is 0 Å². The SMILES string of the molecule is CCNc1nc(C)c(C(=O)Nc2ccc(Cl)c(-c3nccc4ccccc34)c2)s1. The van der Waals surface area contributed by atoms with Crippen LogP contribution in [0.5, 0.6) is 0 Å². The molecule has 5 nitrogen and oxygen atoms in total. The minimum absolute atomic E-state index is 0.191. The summed E-state index contributed by atoms with van der Waals surface area (Å²) in [5.41, 5.74) is 2.92. The van der Waals surface area contributed by atoms with E-state index in [2.05, 4.69) is 20.6 Å². The third-order valence-electron chi connectivity index (χ3n) is 4.48. The summed E-state index contributed by atoms with van der Waals surface area (Å²) < 4.78 is 0. The van der Waals surface area contributed by atoms with Crippen LogP contribution in [0.1, 0.15) is 22.3 Å². The molecule has 0 aliphatic heterocycles. The molecule has 0 spiro atoms. The van der Waals surface area contributed by atoms with Gasteiger partial charge in [-0.3, -0.25) is 9.78 Å². The van der Waals surface area contributed by atoms with Crippen molar-refractivity contribution in [2.75, 3.05) is 17.2 Å². The van der Waals surface area contributed by atoms with Crippen molar-refractivity contribution in [3.63, 3.8) is 0 Å². The quantitative estimate of drug-likeness (QED) is 0.413. The van der Waals surface area contributed by atoms with E-state index in [1.54, 1.807) is 18.3 Å². The molecule has 0 unspecified atom stereocenters. The van der Waals surface area contributed by atoms with Crippen LogP contribution in [-0.4, -0.2) is 22.4 Å². The number of nitrogens with zero attached hydrogens (tertiary/aromatic N) is 2. The van der Waals surface area contributed by atoms with E-state index in [1.165, 1.54) is 11.3 Å². The standard InChI is InChI=1S/C22H19ClN4OS/c1-3-24-22-26-13(2)20(29-22)21(28)27-15-8-9-18(23)17(12-15)19-16-7-5-4-6-14(16)10-11-25-19/h4-12H,3H2,1-2H3,(H,24,26)(H,27,28). The van der Waals surface area contributed by atoms with Crippen molar-refractivity contribution in [3.8, 4) is 11.3 Å². The van der Waals surface area contributed by atoms with Crippen LogP contribution in [-0.2, 0) is 0 Å². The molecule has 2 aromatic carbocycles. The molecule has 1 amide bonds. The third-order valence-corrected chi connectivity index (χ3v) is 5.93. The van der Waals surface area contributed by atoms with Crippen LogP contribution in [0, 0.1) is 6.92 Å². The molecule has 0 atom stereocenters. The molecule has 2 N–H and O–H groups in total. The highest BCUT2D eigenvalue weighted by molar-refractivity contribution is 7.17. The molecular weight excluding hydrogens is 404 g/mol. The van der Waals surface area contributed by atoms with Crippen LogP contribution in [0.2, 0.25) is 5.02 Å². The first-order valence-corrected chi connectivity index (χ1v) is 10.4. The number of rotatable bonds is 5. The van der Waals surface area contributed by atoms with Crippen LogP contribution < -0.4 is 10.6 Å². The lowest BCUT2D eigenvalue weighted by Crippen LogP contribution is -2.11. The van der Waals surface area contributed by atoms with Crippen LogP contribution in [0.4, 0.5) is 10.8 Å². The number of hydrogen-bond acceptors (Lipinski definition) is 5. The number of anilines is 2. The Morgan fingerprint density at radius 2 is 2.00 bits per heavy atom. The van der Waals surface area contributed by atoms with Gasteiger partial charge in [0.25, 0.3) is 5.91 Å². The fourth-order valence-electron chi connectivity index (χ4n) is 3.14. The minimum atomic E-state index is -0.191. The van der Waals surface area contributed by atoms with Gasteiger partial charge in [-0.2, -0.15) is 0 Å². The summed E-state index contributed by atoms with van der Waals surface area (Å²) in [6.07, 6.45) is 1.77. The third kappa shape index (κ3) is 3.95. The molecule has 29 heavy (non-hydrogen) atoms. The van der Waals surface area contributed by atoms with Crippen LogP contribution in [0.3, 0.4) is 0 Å². The van der Waals surface area contributed by atoms with Gasteiger partial charge in [-0.05, 0) is 43.5 Å². The van der Waals surface area contributed by atoms with E-state index < -0.39 is 0 Å². The Hall–Kier alpha value is -2.96. The number of carbonyl (C=O) groups excluding carboxylic acids is 1. The smallest absolute Gasteiger partial charge is 0.267 e. The van der Waals surface area contributed by atoms with Crippen LogP contribution >= 0.6 is 22.9 Å². The average Bonchev–Trinajstić information content (AvgIpc) is 3.09. The summed E-state index contributed by atoms with van der Waals surface area (Å²) in [6, 6.07) is 15.4. The molecule has 4 rings (SSSR count). The van der Waals surface area contributed by atoms with E-state index in [4.69, 9.17) is 11.6 Å². The maximum absolute atomic E-state index is 12.8. The first-order chi connectivity index (χ1) is 14.1. The molecule has 0 fully saturated rings. The predicted molar refractivity (Wildman–Crippen MR) is 121 cm³/mol. The van der Waals surface area contributed by atoms with Gasteiger partial charge in [0, 0.05) is 29.4 Å². The van der Waals surface area contributed by atoms with Crippen molar-refractivity contribution in [2.24, 2.45) is 0 Å². The van der Waals surface area contributed by atoms with Gasteiger partial charge in [-0.15, -0.1) is 0 Å². The van der Waals surface area contributed by atoms with E-state index in [9.17, 15) is 4.79 Å². The normalized spacial score (nSPS) is 10.9. The summed E-state index contributed by atoms with van der Waals surface area (Å²) in [5.74, 6) is -0.191. The van der Waals surface area contributed by atoms with Crippen LogP contribution in [0.25, 0.3) is 22.0 Å². The molecule has 146 valence electrons. The van der Waals surface area contributed by atoms with Crippen molar-refractivity contribution in [1.82, 2.24) is 9.97 Å². The Morgan fingerprint density at radius 3 is 2.83 bits per heavy atom. The molecule has 0 saturated heterocycles. The fraction of sp³-hybridized carbons (Fsp3) is 0.136. The molecule has 4 aromatic rings. The number of hydrogen-bond donors (Lipinski definition) is 2. The number of halogens is 1. The Kier molecular flexibility index (Phi) is 5.47. The fourth-order valence-corrected chi connectivity index (χ4v) is 4.28. The highest BCUT2D eigenvalue weighted by atomic mass is 35.5. The number of aromatic nitrogens is 2. The minimum Gasteiger partial charge on any atom is -0.362 e. The second-order valence-corrected chi connectivity index (χ2v) is 7.90. The molecule has 0 radical (unpaired) electrons. The van der Waals surface area contributed by atoms with E-state index in [-0.39, 0.29) is 5.91 Å². The summed E-state index contributed by atoms with van der Waals surface area (Å²) >= 11 is 7.82. The Labute approximate surface area is 177 Å². The van der Waals surface area contributed by atoms with E-state index in [0.717, 1.165) is 33.7 Å². The maximum atomic E-state index is 12.8. The lowest BCUT2D eigenvalue weighted by atomic mass is 10.0. The van der Waals surface area contributed by atoms with Crippen molar-refractivity contribution in [3.05, 3.63) is 70.3 Å². The molecule has 0 bridgehead atoms. The number of nitrogens with one attached hydrogen (secondary N) is 2. The number of aryl methyl sites for hydroxylation is 1. The average molecular weight is 423 g/mol. The van der Waals surface area contributed by atoms with Crippen molar-refractivity contribution in [2.45, 2.75) is 13.8 Å². The second-order valence-electron chi connectivity index (χ2n) is 6.49. The topological polar surface area (TPSA) is 66.9 Å². The van der Waals surface area contributed by atoms with Crippen molar-refractivity contribution >= 4 is 50.4 Å². The highest BCUT2D eigenvalue weighted by Gasteiger charge is 2.17. The summed E-state index contributed by atoms with van der Waals surface area (Å²) in [4.78, 5) is 22.3. The molecular formula is C22H19ClN4OS. The lowest BCUT2D eigenvalue weighted by molar-refractivity contribution is 0.103. The van der Waals surface area contributed by atoms with Gasteiger partial charge in [0.15, 0.2) is 5.13 Å². The summed E-state index contributed by atoms with van der Waals surface area (Å²) in [6.45, 7) is 4.58. The zero-order valence-corrected chi connectivity index (χ0v) is 17.6. The van der Waals surface area contributed by atoms with Gasteiger partial charge >= 0.3 is 0 Å². The second kappa shape index (κ2) is 8.19. The zero-order valence-electron chi connectivity index (χ0n) is 16.0. The van der Waals surface area contributed by atoms with Gasteiger partial charge < -0.3 is 10.6 Å². The van der Waals surface area contributed by atoms with Crippen molar-refractivity contribution < 1.29 is 4.79 Å². The number of thiazole rings is 1. The van der Waals surface area contributed by atoms with Gasteiger partial charge in [-0.1, -0.05) is 47.2 Å².